The summed E-state index contributed by atoms with van der Waals surface area (Å²) < 4.78 is 5.91. The molecular formula is C18H19NO3. The van der Waals surface area contributed by atoms with Gasteiger partial charge in [-0.1, -0.05) is 36.4 Å². The molecule has 1 aliphatic heterocycles. The van der Waals surface area contributed by atoms with Crippen molar-refractivity contribution in [2.75, 3.05) is 19.7 Å². The average Bonchev–Trinajstić information content (AvgIpc) is 2.57. The minimum atomic E-state index is -0.382. The Hall–Kier alpha value is -2.33. The highest BCUT2D eigenvalue weighted by Crippen LogP contribution is 2.44. The number of hydrogen-bond donors (Lipinski definition) is 1. The first-order chi connectivity index (χ1) is 10.8. The van der Waals surface area contributed by atoms with Gasteiger partial charge in [0.15, 0.2) is 0 Å². The smallest absolute Gasteiger partial charge is 0.234 e. The third kappa shape index (κ3) is 2.46. The zero-order valence-electron chi connectivity index (χ0n) is 12.5. The van der Waals surface area contributed by atoms with Crippen LogP contribution in [0.4, 0.5) is 0 Å². The Morgan fingerprint density at radius 1 is 1.09 bits per heavy atom. The minimum absolute atomic E-state index is 0.000231. The first-order valence-corrected chi connectivity index (χ1v) is 7.51. The van der Waals surface area contributed by atoms with Gasteiger partial charge in [0.25, 0.3) is 0 Å². The van der Waals surface area contributed by atoms with Crippen LogP contribution in [0, 0.1) is 0 Å². The predicted molar refractivity (Wildman–Crippen MR) is 84.1 cm³/mol. The van der Waals surface area contributed by atoms with Gasteiger partial charge in [0.05, 0.1) is 12.5 Å². The molecule has 1 amide bonds. The van der Waals surface area contributed by atoms with Gasteiger partial charge >= 0.3 is 0 Å². The quantitative estimate of drug-likeness (QED) is 0.944. The summed E-state index contributed by atoms with van der Waals surface area (Å²) in [7, 11) is 0. The van der Waals surface area contributed by atoms with E-state index in [4.69, 9.17) is 4.74 Å². The minimum Gasteiger partial charge on any atom is -0.457 e. The maximum absolute atomic E-state index is 13.0. The van der Waals surface area contributed by atoms with E-state index < -0.39 is 0 Å². The van der Waals surface area contributed by atoms with Gasteiger partial charge in [0.2, 0.25) is 5.91 Å². The van der Waals surface area contributed by atoms with Crippen LogP contribution >= 0.6 is 0 Å². The monoisotopic (exact) mass is 297 g/mol. The van der Waals surface area contributed by atoms with Gasteiger partial charge in [-0.3, -0.25) is 4.79 Å². The van der Waals surface area contributed by atoms with Gasteiger partial charge in [-0.2, -0.15) is 0 Å². The third-order valence-corrected chi connectivity index (χ3v) is 3.99. The average molecular weight is 297 g/mol. The molecule has 0 unspecified atom stereocenters. The fourth-order valence-corrected chi connectivity index (χ4v) is 2.90. The number of aliphatic hydroxyl groups excluding tert-OH is 1. The van der Waals surface area contributed by atoms with Gasteiger partial charge in [-0.25, -0.2) is 0 Å². The topological polar surface area (TPSA) is 49.8 Å². The number of hydrogen-bond acceptors (Lipinski definition) is 3. The van der Waals surface area contributed by atoms with Gasteiger partial charge in [-0.15, -0.1) is 0 Å². The molecule has 0 spiro atoms. The van der Waals surface area contributed by atoms with E-state index in [-0.39, 0.29) is 18.4 Å². The van der Waals surface area contributed by atoms with Gasteiger partial charge in [0, 0.05) is 24.2 Å². The van der Waals surface area contributed by atoms with Crippen molar-refractivity contribution >= 4 is 5.91 Å². The number of aliphatic hydroxyl groups is 1. The molecule has 0 saturated carbocycles. The van der Waals surface area contributed by atoms with Crippen molar-refractivity contribution < 1.29 is 14.6 Å². The van der Waals surface area contributed by atoms with Crippen LogP contribution in [0.3, 0.4) is 0 Å². The van der Waals surface area contributed by atoms with Crippen molar-refractivity contribution in [3.8, 4) is 11.5 Å². The lowest BCUT2D eigenvalue weighted by atomic mass is 9.87. The standard InChI is InChI=1S/C18H19NO3/c1-2-19(11-12-20)18(21)17-13-7-3-5-9-15(13)22-16-10-6-4-8-14(16)17/h3-10,17,20H,2,11-12H2,1H3. The summed E-state index contributed by atoms with van der Waals surface area (Å²) in [6.07, 6.45) is 0. The van der Waals surface area contributed by atoms with Crippen LogP contribution in [-0.2, 0) is 4.79 Å². The van der Waals surface area contributed by atoms with Crippen LogP contribution in [0.5, 0.6) is 11.5 Å². The summed E-state index contributed by atoms with van der Waals surface area (Å²) in [5.74, 6) is 1.06. The van der Waals surface area contributed by atoms with Crippen LogP contribution in [0.1, 0.15) is 24.0 Å². The molecule has 0 saturated heterocycles. The summed E-state index contributed by atoms with van der Waals surface area (Å²) in [4.78, 5) is 14.7. The highest BCUT2D eigenvalue weighted by molar-refractivity contribution is 5.89. The number of amides is 1. The second-order valence-corrected chi connectivity index (χ2v) is 5.25. The fourth-order valence-electron chi connectivity index (χ4n) is 2.90. The van der Waals surface area contributed by atoms with Crippen molar-refractivity contribution in [2.24, 2.45) is 0 Å². The molecule has 3 rings (SSSR count). The molecular weight excluding hydrogens is 278 g/mol. The lowest BCUT2D eigenvalue weighted by Crippen LogP contribution is -2.38. The van der Waals surface area contributed by atoms with Crippen molar-refractivity contribution in [3.63, 3.8) is 0 Å². The molecule has 2 aromatic rings. The van der Waals surface area contributed by atoms with E-state index in [1.165, 1.54) is 0 Å². The van der Waals surface area contributed by atoms with E-state index in [0.29, 0.717) is 13.1 Å². The maximum atomic E-state index is 13.0. The molecule has 22 heavy (non-hydrogen) atoms. The van der Waals surface area contributed by atoms with E-state index in [1.807, 2.05) is 55.5 Å². The van der Waals surface area contributed by atoms with Crippen molar-refractivity contribution in [1.29, 1.82) is 0 Å². The number of carbonyl (C=O) groups excluding carboxylic acids is 1. The van der Waals surface area contributed by atoms with E-state index in [9.17, 15) is 9.90 Å². The molecule has 4 nitrogen and oxygen atoms in total. The van der Waals surface area contributed by atoms with Gasteiger partial charge < -0.3 is 14.7 Å². The Labute approximate surface area is 130 Å². The fraction of sp³-hybridized carbons (Fsp3) is 0.278. The Morgan fingerprint density at radius 3 is 2.14 bits per heavy atom. The summed E-state index contributed by atoms with van der Waals surface area (Å²) in [6.45, 7) is 2.80. The molecule has 0 aromatic heterocycles. The SMILES string of the molecule is CCN(CCO)C(=O)C1c2ccccc2Oc2ccccc21. The number of carbonyl (C=O) groups is 1. The Balaban J connectivity index is 2.08. The molecule has 0 radical (unpaired) electrons. The van der Waals surface area contributed by atoms with E-state index in [1.54, 1.807) is 4.90 Å². The van der Waals surface area contributed by atoms with Crippen molar-refractivity contribution in [2.45, 2.75) is 12.8 Å². The van der Waals surface area contributed by atoms with Gasteiger partial charge in [0.1, 0.15) is 11.5 Å². The van der Waals surface area contributed by atoms with Crippen LogP contribution in [0.2, 0.25) is 0 Å². The summed E-state index contributed by atoms with van der Waals surface area (Å²) in [6, 6.07) is 15.3. The molecule has 1 heterocycles. The Morgan fingerprint density at radius 2 is 1.64 bits per heavy atom. The highest BCUT2D eigenvalue weighted by Gasteiger charge is 2.34. The number of fused-ring (bicyclic) bond motifs is 2. The molecule has 0 bridgehead atoms. The van der Waals surface area contributed by atoms with Gasteiger partial charge in [-0.05, 0) is 19.1 Å². The second-order valence-electron chi connectivity index (χ2n) is 5.25. The first kappa shape index (κ1) is 14.6. The van der Waals surface area contributed by atoms with Crippen molar-refractivity contribution in [1.82, 2.24) is 4.90 Å². The summed E-state index contributed by atoms with van der Waals surface area (Å²) >= 11 is 0. The number of ether oxygens (including phenoxy) is 1. The third-order valence-electron chi connectivity index (χ3n) is 3.99. The zero-order valence-corrected chi connectivity index (χ0v) is 12.5. The van der Waals surface area contributed by atoms with E-state index in [2.05, 4.69) is 0 Å². The van der Waals surface area contributed by atoms with Crippen LogP contribution < -0.4 is 4.74 Å². The number of nitrogens with zero attached hydrogens (tertiary/aromatic N) is 1. The Bertz CT molecular complexity index is 638. The van der Waals surface area contributed by atoms with Crippen LogP contribution in [0.15, 0.2) is 48.5 Å². The largest absolute Gasteiger partial charge is 0.457 e. The number of likely N-dealkylation sites (N-methyl/N-ethyl adjacent to an activating group) is 1. The number of rotatable bonds is 4. The second kappa shape index (κ2) is 6.20. The molecule has 1 aliphatic rings. The van der Waals surface area contributed by atoms with Crippen LogP contribution in [0.25, 0.3) is 0 Å². The summed E-state index contributed by atoms with van der Waals surface area (Å²) in [5, 5.41) is 9.19. The maximum Gasteiger partial charge on any atom is 0.234 e. The molecule has 0 fully saturated rings. The first-order valence-electron chi connectivity index (χ1n) is 7.51. The predicted octanol–water partition coefficient (Wildman–Crippen LogP) is 2.77. The molecule has 0 aliphatic carbocycles. The summed E-state index contributed by atoms with van der Waals surface area (Å²) in [5.41, 5.74) is 1.75. The number of para-hydroxylation sites is 2. The lowest BCUT2D eigenvalue weighted by molar-refractivity contribution is -0.132. The zero-order chi connectivity index (χ0) is 15.5. The Kier molecular flexibility index (Phi) is 4.11. The van der Waals surface area contributed by atoms with Crippen LogP contribution in [-0.4, -0.2) is 35.6 Å². The molecule has 2 aromatic carbocycles. The van der Waals surface area contributed by atoms with Crippen molar-refractivity contribution in [3.05, 3.63) is 59.7 Å². The molecule has 4 heteroatoms. The highest BCUT2D eigenvalue weighted by atomic mass is 16.5. The lowest BCUT2D eigenvalue weighted by Gasteiger charge is -2.31. The van der Waals surface area contributed by atoms with E-state index in [0.717, 1.165) is 22.6 Å². The molecule has 114 valence electrons. The molecule has 0 atom stereocenters. The number of benzene rings is 2. The normalized spacial score (nSPS) is 13.0. The molecule has 1 N–H and O–H groups in total. The van der Waals surface area contributed by atoms with E-state index >= 15 is 0 Å².